The van der Waals surface area contributed by atoms with E-state index in [9.17, 15) is 0 Å². The standard InChI is InChI=1S/C8H10O2.C4H9NO.C4H10/c1-9-7-4-3-5-8(6-7)10-2;1-3-6-4-2-5-1;1-3-4-2/h3-6H,1-2H3;5H,1-4H2;3-4H2,1-2H3. The minimum atomic E-state index is 0.819. The van der Waals surface area contributed by atoms with Crippen molar-refractivity contribution in [2.75, 3.05) is 40.5 Å². The molecular formula is C16H29NO3. The summed E-state index contributed by atoms with van der Waals surface area (Å²) < 4.78 is 15.0. The van der Waals surface area contributed by atoms with Crippen molar-refractivity contribution in [2.24, 2.45) is 0 Å². The van der Waals surface area contributed by atoms with E-state index in [-0.39, 0.29) is 0 Å². The molecule has 0 unspecified atom stereocenters. The van der Waals surface area contributed by atoms with Crippen molar-refractivity contribution in [3.8, 4) is 11.5 Å². The van der Waals surface area contributed by atoms with Crippen LogP contribution in [-0.4, -0.2) is 40.5 Å². The molecule has 1 aliphatic rings. The molecule has 1 aromatic carbocycles. The Bertz CT molecular complexity index is 282. The minimum absolute atomic E-state index is 0.819. The zero-order valence-electron chi connectivity index (χ0n) is 13.3. The molecule has 1 N–H and O–H groups in total. The van der Waals surface area contributed by atoms with E-state index in [0.29, 0.717) is 0 Å². The fraction of sp³-hybridized carbons (Fsp3) is 0.625. The third-order valence-corrected chi connectivity index (χ3v) is 2.62. The highest BCUT2D eigenvalue weighted by molar-refractivity contribution is 5.32. The second-order valence-corrected chi connectivity index (χ2v) is 4.25. The molecule has 0 radical (unpaired) electrons. The van der Waals surface area contributed by atoms with Crippen molar-refractivity contribution in [1.29, 1.82) is 0 Å². The lowest BCUT2D eigenvalue weighted by molar-refractivity contribution is 0.109. The number of benzene rings is 1. The predicted octanol–water partition coefficient (Wildman–Crippen LogP) is 3.12. The van der Waals surface area contributed by atoms with Crippen LogP contribution in [0, 0.1) is 0 Å². The maximum Gasteiger partial charge on any atom is 0.122 e. The molecular weight excluding hydrogens is 254 g/mol. The molecule has 1 heterocycles. The zero-order valence-corrected chi connectivity index (χ0v) is 13.3. The maximum atomic E-state index is 5.01. The van der Waals surface area contributed by atoms with E-state index in [1.54, 1.807) is 14.2 Å². The molecule has 1 fully saturated rings. The smallest absolute Gasteiger partial charge is 0.122 e. The lowest BCUT2D eigenvalue weighted by atomic mass is 10.3. The van der Waals surface area contributed by atoms with E-state index in [1.807, 2.05) is 24.3 Å². The Morgan fingerprint density at radius 2 is 1.50 bits per heavy atom. The summed E-state index contributed by atoms with van der Waals surface area (Å²) in [5.74, 6) is 1.64. The van der Waals surface area contributed by atoms with Crippen LogP contribution >= 0.6 is 0 Å². The van der Waals surface area contributed by atoms with Gasteiger partial charge in [-0.2, -0.15) is 0 Å². The first kappa shape index (κ1) is 18.7. The first-order valence-electron chi connectivity index (χ1n) is 7.24. The number of rotatable bonds is 3. The van der Waals surface area contributed by atoms with Gasteiger partial charge in [-0.25, -0.2) is 0 Å². The molecule has 0 amide bonds. The molecule has 0 spiro atoms. The Balaban J connectivity index is 0.000000307. The van der Waals surface area contributed by atoms with Crippen LogP contribution in [0.1, 0.15) is 26.7 Å². The Hall–Kier alpha value is -1.26. The maximum absolute atomic E-state index is 5.01. The molecule has 0 aromatic heterocycles. The average Bonchev–Trinajstić information content (AvgIpc) is 2.57. The molecule has 1 aromatic rings. The van der Waals surface area contributed by atoms with Gasteiger partial charge in [0.05, 0.1) is 27.4 Å². The predicted molar refractivity (Wildman–Crippen MR) is 83.8 cm³/mol. The van der Waals surface area contributed by atoms with Crippen molar-refractivity contribution in [1.82, 2.24) is 5.32 Å². The van der Waals surface area contributed by atoms with Crippen LogP contribution in [0.15, 0.2) is 24.3 Å². The monoisotopic (exact) mass is 283 g/mol. The molecule has 0 saturated carbocycles. The van der Waals surface area contributed by atoms with Crippen molar-refractivity contribution in [3.63, 3.8) is 0 Å². The summed E-state index contributed by atoms with van der Waals surface area (Å²) in [5, 5.41) is 3.16. The van der Waals surface area contributed by atoms with E-state index in [4.69, 9.17) is 14.2 Å². The van der Waals surface area contributed by atoms with E-state index >= 15 is 0 Å². The van der Waals surface area contributed by atoms with Crippen LogP contribution in [0.4, 0.5) is 0 Å². The van der Waals surface area contributed by atoms with Crippen LogP contribution in [0.5, 0.6) is 11.5 Å². The third kappa shape index (κ3) is 10.6. The minimum Gasteiger partial charge on any atom is -0.497 e. The van der Waals surface area contributed by atoms with Gasteiger partial charge in [0, 0.05) is 19.2 Å². The van der Waals surface area contributed by atoms with Gasteiger partial charge in [-0.05, 0) is 12.1 Å². The fourth-order valence-corrected chi connectivity index (χ4v) is 1.24. The molecule has 4 heteroatoms. The Labute approximate surface area is 123 Å². The number of hydrogen-bond acceptors (Lipinski definition) is 4. The molecule has 2 rings (SSSR count). The summed E-state index contributed by atoms with van der Waals surface area (Å²) in [5.41, 5.74) is 0. The second kappa shape index (κ2) is 14.2. The van der Waals surface area contributed by atoms with Crippen molar-refractivity contribution >= 4 is 0 Å². The van der Waals surface area contributed by atoms with Gasteiger partial charge in [0.15, 0.2) is 0 Å². The summed E-state index contributed by atoms with van der Waals surface area (Å²) in [6.07, 6.45) is 2.64. The average molecular weight is 283 g/mol. The number of hydrogen-bond donors (Lipinski definition) is 1. The van der Waals surface area contributed by atoms with E-state index < -0.39 is 0 Å². The van der Waals surface area contributed by atoms with Gasteiger partial charge < -0.3 is 19.5 Å². The lowest BCUT2D eigenvalue weighted by Gasteiger charge is -2.10. The number of morpholine rings is 1. The summed E-state index contributed by atoms with van der Waals surface area (Å²) in [4.78, 5) is 0. The second-order valence-electron chi connectivity index (χ2n) is 4.25. The van der Waals surface area contributed by atoms with Crippen molar-refractivity contribution < 1.29 is 14.2 Å². The van der Waals surface area contributed by atoms with Crippen LogP contribution in [0.2, 0.25) is 0 Å². The molecule has 0 aliphatic carbocycles. The topological polar surface area (TPSA) is 39.7 Å². The summed E-state index contributed by atoms with van der Waals surface area (Å²) >= 11 is 0. The zero-order chi connectivity index (χ0) is 15.1. The van der Waals surface area contributed by atoms with Gasteiger partial charge in [-0.1, -0.05) is 32.8 Å². The van der Waals surface area contributed by atoms with Gasteiger partial charge in [0.25, 0.3) is 0 Å². The van der Waals surface area contributed by atoms with Crippen LogP contribution in [0.25, 0.3) is 0 Å². The summed E-state index contributed by atoms with van der Waals surface area (Å²) in [6, 6.07) is 7.47. The Morgan fingerprint density at radius 3 is 1.75 bits per heavy atom. The van der Waals surface area contributed by atoms with Gasteiger partial charge in [-0.15, -0.1) is 0 Å². The third-order valence-electron chi connectivity index (χ3n) is 2.62. The quantitative estimate of drug-likeness (QED) is 0.925. The highest BCUT2D eigenvalue weighted by atomic mass is 16.5. The van der Waals surface area contributed by atoms with E-state index in [1.165, 1.54) is 12.8 Å². The Kier molecular flexibility index (Phi) is 13.3. The van der Waals surface area contributed by atoms with Crippen molar-refractivity contribution in [3.05, 3.63) is 24.3 Å². The molecule has 4 nitrogen and oxygen atoms in total. The van der Waals surface area contributed by atoms with Crippen molar-refractivity contribution in [2.45, 2.75) is 26.7 Å². The number of ether oxygens (including phenoxy) is 3. The highest BCUT2D eigenvalue weighted by Crippen LogP contribution is 2.17. The fourth-order valence-electron chi connectivity index (χ4n) is 1.24. The van der Waals surface area contributed by atoms with E-state index in [0.717, 1.165) is 37.8 Å². The van der Waals surface area contributed by atoms with Crippen LogP contribution in [-0.2, 0) is 4.74 Å². The first-order chi connectivity index (χ1) is 9.78. The van der Waals surface area contributed by atoms with Gasteiger partial charge in [0.2, 0.25) is 0 Å². The molecule has 0 bridgehead atoms. The van der Waals surface area contributed by atoms with Gasteiger partial charge in [-0.3, -0.25) is 0 Å². The van der Waals surface area contributed by atoms with Crippen LogP contribution < -0.4 is 14.8 Å². The molecule has 1 aliphatic heterocycles. The molecule has 0 atom stereocenters. The number of methoxy groups -OCH3 is 2. The normalized spacial score (nSPS) is 13.2. The van der Waals surface area contributed by atoms with Crippen LogP contribution in [0.3, 0.4) is 0 Å². The Morgan fingerprint density at radius 1 is 1.00 bits per heavy atom. The van der Waals surface area contributed by atoms with Gasteiger partial charge >= 0.3 is 0 Å². The number of nitrogens with one attached hydrogen (secondary N) is 1. The summed E-state index contributed by atoms with van der Waals surface area (Å²) in [6.45, 7) is 8.19. The number of unbranched alkanes of at least 4 members (excludes halogenated alkanes) is 1. The summed E-state index contributed by atoms with van der Waals surface area (Å²) in [7, 11) is 3.27. The van der Waals surface area contributed by atoms with E-state index in [2.05, 4.69) is 19.2 Å². The SMILES string of the molecule is C1COCCN1.CCCC.COc1cccc(OC)c1. The highest BCUT2D eigenvalue weighted by Gasteiger charge is 1.93. The first-order valence-corrected chi connectivity index (χ1v) is 7.24. The molecule has 116 valence electrons. The lowest BCUT2D eigenvalue weighted by Crippen LogP contribution is -2.30. The molecule has 20 heavy (non-hydrogen) atoms. The molecule has 1 saturated heterocycles. The van der Waals surface area contributed by atoms with Gasteiger partial charge in [0.1, 0.15) is 11.5 Å². The largest absolute Gasteiger partial charge is 0.497 e.